The largest absolute Gasteiger partial charge is 0.503 e. The average molecular weight is 560 g/mol. The molecule has 0 radical (unpaired) electrons. The van der Waals surface area contributed by atoms with Gasteiger partial charge in [0.2, 0.25) is 10.9 Å². The molecule has 1 unspecified atom stereocenters. The molecule has 3 heterocycles. The van der Waals surface area contributed by atoms with Crippen LogP contribution in [0, 0.1) is 0 Å². The summed E-state index contributed by atoms with van der Waals surface area (Å²) >= 11 is 8.82. The van der Waals surface area contributed by atoms with Gasteiger partial charge in [-0.2, -0.15) is 0 Å². The molecule has 0 fully saturated rings. The van der Waals surface area contributed by atoms with Crippen LogP contribution in [0.1, 0.15) is 27.7 Å². The van der Waals surface area contributed by atoms with Gasteiger partial charge in [-0.1, -0.05) is 95.4 Å². The zero-order valence-electron chi connectivity index (χ0n) is 19.6. The first-order valence-corrected chi connectivity index (χ1v) is 13.7. The first-order chi connectivity index (χ1) is 18.5. The molecule has 1 N–H and O–H groups in total. The summed E-state index contributed by atoms with van der Waals surface area (Å²) in [6.07, 6.45) is 0. The lowest BCUT2D eigenvalue weighted by atomic mass is 9.95. The Labute approximate surface area is 230 Å². The minimum absolute atomic E-state index is 0.0257. The maximum Gasteiger partial charge on any atom is 0.296 e. The number of hydrogen-bond acceptors (Lipinski definition) is 8. The minimum Gasteiger partial charge on any atom is -0.503 e. The molecular formula is C28H18ClN3O4S2. The summed E-state index contributed by atoms with van der Waals surface area (Å²) in [5, 5.41) is 21.0. The van der Waals surface area contributed by atoms with Gasteiger partial charge in [-0.3, -0.25) is 14.5 Å². The molecule has 2 aromatic heterocycles. The van der Waals surface area contributed by atoms with Crippen LogP contribution in [0.5, 0.6) is 0 Å². The van der Waals surface area contributed by atoms with Crippen molar-refractivity contribution in [3.05, 3.63) is 118 Å². The third-order valence-electron chi connectivity index (χ3n) is 6.09. The SMILES string of the molecule is O=C(C1=C(O)C(=O)N(c2nnc(SCc3ccccc3)s2)C1c1ccc(Cl)cc1)c1cc2ccccc2o1. The monoisotopic (exact) mass is 559 g/mol. The van der Waals surface area contributed by atoms with Crippen molar-refractivity contribution >= 4 is 62.5 Å². The molecule has 188 valence electrons. The molecule has 1 aliphatic rings. The van der Waals surface area contributed by atoms with Crippen molar-refractivity contribution in [3.8, 4) is 0 Å². The van der Waals surface area contributed by atoms with Crippen LogP contribution in [0.25, 0.3) is 11.0 Å². The van der Waals surface area contributed by atoms with Gasteiger partial charge in [0.05, 0.1) is 11.6 Å². The lowest BCUT2D eigenvalue weighted by Crippen LogP contribution is -2.31. The average Bonchev–Trinajstić information content (AvgIpc) is 3.65. The Hall–Kier alpha value is -3.92. The van der Waals surface area contributed by atoms with Gasteiger partial charge < -0.3 is 9.52 Å². The van der Waals surface area contributed by atoms with Gasteiger partial charge in [0.1, 0.15) is 5.58 Å². The zero-order valence-corrected chi connectivity index (χ0v) is 22.0. The third-order valence-corrected chi connectivity index (χ3v) is 8.47. The van der Waals surface area contributed by atoms with E-state index in [-0.39, 0.29) is 16.5 Å². The van der Waals surface area contributed by atoms with Gasteiger partial charge >= 0.3 is 0 Å². The van der Waals surface area contributed by atoms with Gasteiger partial charge in [-0.05, 0) is 35.4 Å². The number of ketones is 1. The van der Waals surface area contributed by atoms with Crippen molar-refractivity contribution in [2.24, 2.45) is 0 Å². The molecule has 38 heavy (non-hydrogen) atoms. The van der Waals surface area contributed by atoms with E-state index in [9.17, 15) is 14.7 Å². The number of anilines is 1. The third kappa shape index (κ3) is 4.49. The number of halogens is 1. The van der Waals surface area contributed by atoms with Crippen LogP contribution in [-0.2, 0) is 10.5 Å². The van der Waals surface area contributed by atoms with Crippen LogP contribution in [0.15, 0.2) is 105 Å². The van der Waals surface area contributed by atoms with E-state index in [1.165, 1.54) is 28.0 Å². The number of carbonyl (C=O) groups excluding carboxylic acids is 2. The van der Waals surface area contributed by atoms with E-state index in [1.54, 1.807) is 42.5 Å². The fourth-order valence-corrected chi connectivity index (χ4v) is 6.25. The normalized spacial score (nSPS) is 15.6. The smallest absolute Gasteiger partial charge is 0.296 e. The van der Waals surface area contributed by atoms with E-state index >= 15 is 0 Å². The van der Waals surface area contributed by atoms with E-state index in [0.29, 0.717) is 26.3 Å². The number of fused-ring (bicyclic) bond motifs is 1. The molecule has 0 bridgehead atoms. The molecule has 1 atom stereocenters. The molecule has 1 amide bonds. The second-order valence-corrected chi connectivity index (χ2v) is 11.1. The topological polar surface area (TPSA) is 96.5 Å². The summed E-state index contributed by atoms with van der Waals surface area (Å²) in [6, 6.07) is 24.6. The number of nitrogens with zero attached hydrogens (tertiary/aromatic N) is 3. The van der Waals surface area contributed by atoms with Crippen molar-refractivity contribution in [1.82, 2.24) is 10.2 Å². The first-order valence-electron chi connectivity index (χ1n) is 11.6. The summed E-state index contributed by atoms with van der Waals surface area (Å²) in [6.45, 7) is 0. The highest BCUT2D eigenvalue weighted by molar-refractivity contribution is 8.00. The summed E-state index contributed by atoms with van der Waals surface area (Å²) < 4.78 is 6.43. The number of carbonyl (C=O) groups is 2. The van der Waals surface area contributed by atoms with Crippen molar-refractivity contribution in [2.45, 2.75) is 16.1 Å². The molecular weight excluding hydrogens is 542 g/mol. The number of aromatic nitrogens is 2. The van der Waals surface area contributed by atoms with Crippen LogP contribution >= 0.6 is 34.7 Å². The van der Waals surface area contributed by atoms with E-state index in [0.717, 1.165) is 10.9 Å². The first kappa shape index (κ1) is 24.4. The Bertz CT molecular complexity index is 1660. The number of thioether (sulfide) groups is 1. The number of rotatable bonds is 7. The number of amides is 1. The van der Waals surface area contributed by atoms with E-state index < -0.39 is 23.5 Å². The second-order valence-electron chi connectivity index (χ2n) is 8.49. The molecule has 0 aliphatic carbocycles. The van der Waals surface area contributed by atoms with Crippen molar-refractivity contribution in [3.63, 3.8) is 0 Å². The molecule has 6 rings (SSSR count). The predicted molar refractivity (Wildman–Crippen MR) is 148 cm³/mol. The lowest BCUT2D eigenvalue weighted by molar-refractivity contribution is -0.117. The number of furan rings is 1. The fraction of sp³-hybridized carbons (Fsp3) is 0.0714. The number of para-hydroxylation sites is 1. The highest BCUT2D eigenvalue weighted by Gasteiger charge is 2.46. The molecule has 7 nitrogen and oxygen atoms in total. The second kappa shape index (κ2) is 10.1. The Morgan fingerprint density at radius 3 is 2.53 bits per heavy atom. The maximum atomic E-state index is 13.7. The Morgan fingerprint density at radius 1 is 1.03 bits per heavy atom. The Morgan fingerprint density at radius 2 is 1.76 bits per heavy atom. The summed E-state index contributed by atoms with van der Waals surface area (Å²) in [7, 11) is 0. The highest BCUT2D eigenvalue weighted by atomic mass is 35.5. The predicted octanol–water partition coefficient (Wildman–Crippen LogP) is 7.01. The van der Waals surface area contributed by atoms with Crippen molar-refractivity contribution in [1.29, 1.82) is 0 Å². The van der Waals surface area contributed by atoms with E-state index in [1.807, 2.05) is 42.5 Å². The summed E-state index contributed by atoms with van der Waals surface area (Å²) in [5.41, 5.74) is 2.15. The van der Waals surface area contributed by atoms with Crippen LogP contribution < -0.4 is 4.90 Å². The Kier molecular flexibility index (Phi) is 6.49. The van der Waals surface area contributed by atoms with Crippen molar-refractivity contribution in [2.75, 3.05) is 4.90 Å². The van der Waals surface area contributed by atoms with Gasteiger partial charge in [0.15, 0.2) is 15.9 Å². The molecule has 0 spiro atoms. The number of aliphatic hydroxyl groups is 1. The van der Waals surface area contributed by atoms with Gasteiger partial charge in [0.25, 0.3) is 5.91 Å². The molecule has 10 heteroatoms. The Balaban J connectivity index is 1.37. The minimum atomic E-state index is -0.944. The van der Waals surface area contributed by atoms with E-state index in [2.05, 4.69) is 10.2 Å². The van der Waals surface area contributed by atoms with Gasteiger partial charge in [-0.15, -0.1) is 10.2 Å². The van der Waals surface area contributed by atoms with Gasteiger partial charge in [0, 0.05) is 16.2 Å². The fourth-order valence-electron chi connectivity index (χ4n) is 4.30. The molecule has 0 saturated carbocycles. The number of benzene rings is 3. The number of Topliss-reactive ketones (excluding diaryl/α,β-unsaturated/α-hetero) is 1. The molecule has 5 aromatic rings. The molecule has 1 aliphatic heterocycles. The molecule has 3 aromatic carbocycles. The maximum absolute atomic E-state index is 13.7. The number of hydrogen-bond donors (Lipinski definition) is 1. The van der Waals surface area contributed by atoms with Crippen LogP contribution in [0.4, 0.5) is 5.13 Å². The standard InChI is InChI=1S/C28H18ClN3O4S2/c29-19-12-10-17(11-13-19)23-22(24(33)21-14-18-8-4-5-9-20(18)36-21)25(34)26(35)32(23)27-30-31-28(38-27)37-15-16-6-2-1-3-7-16/h1-14,23,34H,15H2. The van der Waals surface area contributed by atoms with E-state index in [4.69, 9.17) is 16.0 Å². The van der Waals surface area contributed by atoms with Crippen LogP contribution in [0.2, 0.25) is 5.02 Å². The summed E-state index contributed by atoms with van der Waals surface area (Å²) in [5.74, 6) is -1.26. The zero-order chi connectivity index (χ0) is 26.2. The molecule has 0 saturated heterocycles. The lowest BCUT2D eigenvalue weighted by Gasteiger charge is -2.23. The highest BCUT2D eigenvalue weighted by Crippen LogP contribution is 2.44. The quantitative estimate of drug-likeness (QED) is 0.130. The van der Waals surface area contributed by atoms with Crippen molar-refractivity contribution < 1.29 is 19.1 Å². The van der Waals surface area contributed by atoms with Crippen LogP contribution in [0.3, 0.4) is 0 Å². The summed E-state index contributed by atoms with van der Waals surface area (Å²) in [4.78, 5) is 28.4. The van der Waals surface area contributed by atoms with Gasteiger partial charge in [-0.25, -0.2) is 0 Å². The number of aliphatic hydroxyl groups excluding tert-OH is 1. The van der Waals surface area contributed by atoms with Crippen LogP contribution in [-0.4, -0.2) is 27.0 Å².